The van der Waals surface area contributed by atoms with E-state index < -0.39 is 15.8 Å². The second kappa shape index (κ2) is 5.26. The van der Waals surface area contributed by atoms with Gasteiger partial charge in [0.05, 0.1) is 10.0 Å². The quantitative estimate of drug-likeness (QED) is 0.822. The van der Waals surface area contributed by atoms with Crippen LogP contribution in [-0.4, -0.2) is 14.5 Å². The van der Waals surface area contributed by atoms with E-state index in [1.807, 2.05) is 6.92 Å². The van der Waals surface area contributed by atoms with Crippen LogP contribution in [0.1, 0.15) is 18.9 Å². The first-order valence-electron chi connectivity index (χ1n) is 6.48. The van der Waals surface area contributed by atoms with E-state index in [2.05, 4.69) is 0 Å². The van der Waals surface area contributed by atoms with E-state index in [-0.39, 0.29) is 10.3 Å². The number of benzene rings is 1. The normalized spacial score (nSPS) is 18.6. The van der Waals surface area contributed by atoms with Gasteiger partial charge in [-0.15, -0.1) is 11.3 Å². The van der Waals surface area contributed by atoms with Gasteiger partial charge in [-0.25, -0.2) is 12.8 Å². The highest BCUT2D eigenvalue weighted by molar-refractivity contribution is 7.94. The molecule has 1 aromatic carbocycles. The third-order valence-electron chi connectivity index (χ3n) is 3.58. The van der Waals surface area contributed by atoms with Gasteiger partial charge in [-0.1, -0.05) is 17.7 Å². The van der Waals surface area contributed by atoms with Gasteiger partial charge in [0.25, 0.3) is 10.0 Å². The summed E-state index contributed by atoms with van der Waals surface area (Å²) >= 11 is 6.85. The van der Waals surface area contributed by atoms with Crippen molar-refractivity contribution in [3.05, 3.63) is 46.0 Å². The van der Waals surface area contributed by atoms with Crippen LogP contribution >= 0.6 is 22.9 Å². The predicted molar refractivity (Wildman–Crippen MR) is 83.2 cm³/mol. The summed E-state index contributed by atoms with van der Waals surface area (Å²) in [7, 11) is -3.72. The lowest BCUT2D eigenvalue weighted by Crippen LogP contribution is -2.41. The van der Waals surface area contributed by atoms with E-state index in [1.165, 1.54) is 22.5 Å². The maximum atomic E-state index is 13.5. The summed E-state index contributed by atoms with van der Waals surface area (Å²) in [5.41, 5.74) is 1.28. The van der Waals surface area contributed by atoms with E-state index in [1.54, 1.807) is 12.1 Å². The topological polar surface area (TPSA) is 37.4 Å². The third-order valence-corrected chi connectivity index (χ3v) is 7.20. The zero-order valence-corrected chi connectivity index (χ0v) is 13.6. The lowest BCUT2D eigenvalue weighted by atomic mass is 9.99. The molecule has 0 saturated carbocycles. The number of fused-ring (bicyclic) bond motifs is 1. The molecule has 0 bridgehead atoms. The number of thiophene rings is 1. The van der Waals surface area contributed by atoms with Crippen LogP contribution < -0.4 is 4.31 Å². The second-order valence-electron chi connectivity index (χ2n) is 5.02. The molecule has 1 aromatic heterocycles. The molecule has 112 valence electrons. The van der Waals surface area contributed by atoms with Crippen molar-refractivity contribution >= 4 is 38.6 Å². The summed E-state index contributed by atoms with van der Waals surface area (Å²) in [6.45, 7) is 1.83. The highest BCUT2D eigenvalue weighted by Gasteiger charge is 2.34. The molecule has 1 aliphatic heterocycles. The highest BCUT2D eigenvalue weighted by Crippen LogP contribution is 2.38. The largest absolute Gasteiger partial charge is 0.274 e. The molecule has 2 heterocycles. The van der Waals surface area contributed by atoms with Gasteiger partial charge in [-0.3, -0.25) is 4.31 Å². The van der Waals surface area contributed by atoms with Crippen LogP contribution in [0.4, 0.5) is 10.1 Å². The summed E-state index contributed by atoms with van der Waals surface area (Å²) in [4.78, 5) is 0. The Morgan fingerprint density at radius 2 is 2.10 bits per heavy atom. The number of nitrogens with zero attached hydrogens (tertiary/aromatic N) is 1. The van der Waals surface area contributed by atoms with Crippen LogP contribution in [0.3, 0.4) is 0 Å². The Labute approximate surface area is 132 Å². The Balaban J connectivity index is 2.16. The minimum Gasteiger partial charge on any atom is -0.263 e. The Bertz CT molecular complexity index is 788. The van der Waals surface area contributed by atoms with Crippen LogP contribution in [0.5, 0.6) is 0 Å². The lowest BCUT2D eigenvalue weighted by Gasteiger charge is -2.35. The first-order valence-corrected chi connectivity index (χ1v) is 9.11. The summed E-state index contributed by atoms with van der Waals surface area (Å²) in [5, 5.41) is 0. The van der Waals surface area contributed by atoms with E-state index in [0.717, 1.165) is 23.3 Å². The molecule has 0 N–H and O–H groups in total. The third kappa shape index (κ3) is 2.56. The molecule has 0 saturated heterocycles. The van der Waals surface area contributed by atoms with Gasteiger partial charge in [-0.2, -0.15) is 0 Å². The Kier molecular flexibility index (Phi) is 3.71. The molecule has 0 radical (unpaired) electrons. The van der Waals surface area contributed by atoms with Crippen molar-refractivity contribution in [2.24, 2.45) is 0 Å². The summed E-state index contributed by atoms with van der Waals surface area (Å²) in [6.07, 6.45) is 1.45. The summed E-state index contributed by atoms with van der Waals surface area (Å²) in [5.74, 6) is -0.438. The zero-order valence-electron chi connectivity index (χ0n) is 11.2. The Hall–Kier alpha value is -1.11. The number of aryl methyl sites for hydroxylation is 1. The van der Waals surface area contributed by atoms with Crippen LogP contribution in [0.15, 0.2) is 34.5 Å². The van der Waals surface area contributed by atoms with E-state index in [4.69, 9.17) is 11.6 Å². The summed E-state index contributed by atoms with van der Waals surface area (Å²) in [6, 6.07) is 7.13. The minimum atomic E-state index is -3.72. The van der Waals surface area contributed by atoms with Gasteiger partial charge in [-0.05, 0) is 49.6 Å². The molecule has 7 heteroatoms. The molecule has 2 aromatic rings. The van der Waals surface area contributed by atoms with E-state index >= 15 is 0 Å². The van der Waals surface area contributed by atoms with Crippen molar-refractivity contribution in [2.45, 2.75) is 30.0 Å². The lowest BCUT2D eigenvalue weighted by molar-refractivity contribution is 0.562. The molecule has 1 aliphatic rings. The van der Waals surface area contributed by atoms with Crippen molar-refractivity contribution in [3.63, 3.8) is 0 Å². The number of sulfonamides is 1. The van der Waals surface area contributed by atoms with Crippen molar-refractivity contribution in [3.8, 4) is 0 Å². The van der Waals surface area contributed by atoms with Crippen LogP contribution in [0.2, 0.25) is 4.34 Å². The molecule has 3 rings (SSSR count). The maximum Gasteiger partial charge on any atom is 0.274 e. The van der Waals surface area contributed by atoms with Gasteiger partial charge in [0, 0.05) is 6.04 Å². The first-order chi connectivity index (χ1) is 9.89. The smallest absolute Gasteiger partial charge is 0.263 e. The fourth-order valence-electron chi connectivity index (χ4n) is 2.57. The molecule has 0 amide bonds. The molecule has 0 spiro atoms. The van der Waals surface area contributed by atoms with Crippen molar-refractivity contribution < 1.29 is 12.8 Å². The fourth-order valence-corrected chi connectivity index (χ4v) is 5.86. The first kappa shape index (κ1) is 14.8. The van der Waals surface area contributed by atoms with Crippen molar-refractivity contribution in [1.82, 2.24) is 0 Å². The second-order valence-corrected chi connectivity index (χ2v) is 8.78. The molecule has 21 heavy (non-hydrogen) atoms. The number of rotatable bonds is 2. The molecule has 1 atom stereocenters. The predicted octanol–water partition coefficient (Wildman–Crippen LogP) is 4.07. The Morgan fingerprint density at radius 1 is 1.33 bits per heavy atom. The molecule has 0 fully saturated rings. The number of hydrogen-bond donors (Lipinski definition) is 0. The number of halogens is 2. The number of hydrogen-bond acceptors (Lipinski definition) is 3. The molecular weight excluding hydrogens is 333 g/mol. The monoisotopic (exact) mass is 345 g/mol. The van der Waals surface area contributed by atoms with Crippen LogP contribution in [0.25, 0.3) is 0 Å². The van der Waals surface area contributed by atoms with Crippen LogP contribution in [-0.2, 0) is 16.4 Å². The minimum absolute atomic E-state index is 0.177. The average Bonchev–Trinajstić information content (AvgIpc) is 2.85. The molecule has 0 unspecified atom stereocenters. The van der Waals surface area contributed by atoms with Gasteiger partial charge < -0.3 is 0 Å². The van der Waals surface area contributed by atoms with Crippen molar-refractivity contribution in [2.75, 3.05) is 4.31 Å². The molecule has 0 aliphatic carbocycles. The molecule has 3 nitrogen and oxygen atoms in total. The van der Waals surface area contributed by atoms with Gasteiger partial charge >= 0.3 is 0 Å². The SMILES string of the molecule is C[C@@H]1CCc2ccc(F)cc2N1S(=O)(=O)c1ccc(Cl)s1. The van der Waals surface area contributed by atoms with Crippen LogP contribution in [0, 0.1) is 5.82 Å². The molecular formula is C14H13ClFNO2S2. The van der Waals surface area contributed by atoms with E-state index in [9.17, 15) is 12.8 Å². The standard InChI is InChI=1S/C14H13ClFNO2S2/c1-9-2-3-10-4-5-11(16)8-12(10)17(9)21(18,19)14-7-6-13(15)20-14/h4-9H,2-3H2,1H3/t9-/m1/s1. The zero-order chi connectivity index (χ0) is 15.2. The van der Waals surface area contributed by atoms with E-state index in [0.29, 0.717) is 16.4 Å². The maximum absolute atomic E-state index is 13.5. The van der Waals surface area contributed by atoms with Gasteiger partial charge in [0.15, 0.2) is 0 Å². The highest BCUT2D eigenvalue weighted by atomic mass is 35.5. The fraction of sp³-hybridized carbons (Fsp3) is 0.286. The summed E-state index contributed by atoms with van der Waals surface area (Å²) < 4.78 is 41.1. The Morgan fingerprint density at radius 3 is 2.76 bits per heavy atom. The number of anilines is 1. The van der Waals surface area contributed by atoms with Gasteiger partial charge in [0.1, 0.15) is 10.0 Å². The van der Waals surface area contributed by atoms with Crippen molar-refractivity contribution in [1.29, 1.82) is 0 Å². The average molecular weight is 346 g/mol. The van der Waals surface area contributed by atoms with Gasteiger partial charge in [0.2, 0.25) is 0 Å².